The van der Waals surface area contributed by atoms with E-state index in [0.29, 0.717) is 23.5 Å². The number of carbonyl (C=O) groups excluding carboxylic acids is 2. The third kappa shape index (κ3) is 4.27. The largest absolute Gasteiger partial charge is 0.586 e. The van der Waals surface area contributed by atoms with Crippen LogP contribution in [0.1, 0.15) is 27.7 Å². The molecule has 0 unspecified atom stereocenters. The van der Waals surface area contributed by atoms with E-state index in [0.717, 1.165) is 23.5 Å². The van der Waals surface area contributed by atoms with Gasteiger partial charge in [-0.1, -0.05) is 6.92 Å². The summed E-state index contributed by atoms with van der Waals surface area (Å²) in [6, 6.07) is 3.26. The van der Waals surface area contributed by atoms with Gasteiger partial charge in [0.15, 0.2) is 11.5 Å². The fourth-order valence-electron chi connectivity index (χ4n) is 3.37. The van der Waals surface area contributed by atoms with E-state index in [2.05, 4.69) is 31.9 Å². The van der Waals surface area contributed by atoms with Crippen molar-refractivity contribution in [1.29, 1.82) is 0 Å². The average molecular weight is 461 g/mol. The minimum Gasteiger partial charge on any atom is -0.395 e. The molecule has 3 amide bonds. The van der Waals surface area contributed by atoms with Gasteiger partial charge in [0.1, 0.15) is 5.00 Å². The van der Waals surface area contributed by atoms with Crippen LogP contribution < -0.4 is 25.8 Å². The van der Waals surface area contributed by atoms with Gasteiger partial charge in [-0.25, -0.2) is 4.79 Å². The molecule has 0 fully saturated rings. The third-order valence-corrected chi connectivity index (χ3v) is 5.85. The summed E-state index contributed by atoms with van der Waals surface area (Å²) in [6.07, 6.45) is -3.06. The number of urea groups is 1. The smallest absolute Gasteiger partial charge is 0.395 e. The molecule has 30 heavy (non-hydrogen) atoms. The summed E-state index contributed by atoms with van der Waals surface area (Å²) in [5.41, 5.74) is 6.96. The van der Waals surface area contributed by atoms with Gasteiger partial charge in [-0.05, 0) is 30.7 Å². The van der Waals surface area contributed by atoms with Crippen molar-refractivity contribution in [3.63, 3.8) is 0 Å². The Bertz CT molecular complexity index is 1000. The minimum atomic E-state index is -3.73. The number of benzene rings is 1. The van der Waals surface area contributed by atoms with Crippen molar-refractivity contribution in [3.05, 3.63) is 34.2 Å². The van der Waals surface area contributed by atoms with E-state index in [4.69, 9.17) is 5.73 Å². The van der Waals surface area contributed by atoms with E-state index in [1.165, 1.54) is 29.5 Å². The molecule has 1 aromatic heterocycles. The molecular formula is C18H19ClF2N4O4S. The van der Waals surface area contributed by atoms with Crippen LogP contribution in [0.15, 0.2) is 18.2 Å². The summed E-state index contributed by atoms with van der Waals surface area (Å²) < 4.78 is 34.9. The predicted molar refractivity (Wildman–Crippen MR) is 110 cm³/mol. The lowest BCUT2D eigenvalue weighted by Gasteiger charge is -2.25. The SMILES string of the molecule is CCN1CCc2c(sc(NC(=O)Nc3ccc4c(c3)OC(F)(F)O4)c2C(N)=O)C1.Cl. The van der Waals surface area contributed by atoms with Gasteiger partial charge in [0.2, 0.25) is 0 Å². The average Bonchev–Trinajstić information content (AvgIpc) is 3.15. The maximum Gasteiger partial charge on any atom is 0.586 e. The lowest BCUT2D eigenvalue weighted by molar-refractivity contribution is -0.286. The van der Waals surface area contributed by atoms with Crippen LogP contribution in [0.3, 0.4) is 0 Å². The monoisotopic (exact) mass is 460 g/mol. The predicted octanol–water partition coefficient (Wildman–Crippen LogP) is 3.61. The van der Waals surface area contributed by atoms with Crippen molar-refractivity contribution in [1.82, 2.24) is 4.90 Å². The second-order valence-electron chi connectivity index (χ2n) is 6.60. The molecule has 8 nitrogen and oxygen atoms in total. The first-order valence-electron chi connectivity index (χ1n) is 8.90. The second kappa shape index (κ2) is 8.25. The van der Waals surface area contributed by atoms with Crippen LogP contribution in [0.2, 0.25) is 0 Å². The van der Waals surface area contributed by atoms with Crippen LogP contribution in [-0.4, -0.2) is 36.2 Å². The Labute approximate surface area is 180 Å². The number of hydrogen-bond donors (Lipinski definition) is 3. The van der Waals surface area contributed by atoms with Gasteiger partial charge in [0.25, 0.3) is 5.91 Å². The molecule has 0 spiro atoms. The molecule has 0 atom stereocenters. The standard InChI is InChI=1S/C18H18F2N4O4S.ClH/c1-2-24-6-5-10-13(8-24)29-16(14(10)15(21)25)23-17(26)22-9-3-4-11-12(7-9)28-18(19,20)27-11;/h3-4,7H,2,5-6,8H2,1H3,(H2,21,25)(H2,22,23,26);1H. The number of nitrogens with zero attached hydrogens (tertiary/aromatic N) is 1. The van der Waals surface area contributed by atoms with Gasteiger partial charge < -0.3 is 20.5 Å². The zero-order valence-corrected chi connectivity index (χ0v) is 17.4. The zero-order chi connectivity index (χ0) is 20.8. The number of hydrogen-bond acceptors (Lipinski definition) is 6. The van der Waals surface area contributed by atoms with Crippen LogP contribution in [0.5, 0.6) is 11.5 Å². The molecule has 0 saturated heterocycles. The van der Waals surface area contributed by atoms with Gasteiger partial charge in [0.05, 0.1) is 5.56 Å². The number of thiophene rings is 1. The number of ether oxygens (including phenoxy) is 2. The molecule has 0 bridgehead atoms. The van der Waals surface area contributed by atoms with Crippen molar-refractivity contribution < 1.29 is 27.8 Å². The summed E-state index contributed by atoms with van der Waals surface area (Å²) >= 11 is 1.31. The third-order valence-electron chi connectivity index (χ3n) is 4.72. The van der Waals surface area contributed by atoms with Crippen molar-refractivity contribution in [3.8, 4) is 11.5 Å². The lowest BCUT2D eigenvalue weighted by atomic mass is 10.0. The number of nitrogens with two attached hydrogens (primary N) is 1. The van der Waals surface area contributed by atoms with E-state index in [9.17, 15) is 18.4 Å². The fourth-order valence-corrected chi connectivity index (χ4v) is 4.66. The molecule has 0 saturated carbocycles. The van der Waals surface area contributed by atoms with Gasteiger partial charge in [-0.2, -0.15) is 0 Å². The number of fused-ring (bicyclic) bond motifs is 2. The van der Waals surface area contributed by atoms with E-state index < -0.39 is 18.2 Å². The molecule has 0 aliphatic carbocycles. The van der Waals surface area contributed by atoms with Crippen LogP contribution in [0.4, 0.5) is 24.3 Å². The summed E-state index contributed by atoms with van der Waals surface area (Å²) in [5, 5.41) is 5.54. The fraction of sp³-hybridized carbons (Fsp3) is 0.333. The molecular weight excluding hydrogens is 442 g/mol. The lowest BCUT2D eigenvalue weighted by Crippen LogP contribution is -2.30. The maximum atomic E-state index is 13.1. The molecule has 4 rings (SSSR count). The highest BCUT2D eigenvalue weighted by Crippen LogP contribution is 2.42. The number of likely N-dealkylation sites (N-methyl/N-ethyl adjacent to an activating group) is 1. The summed E-state index contributed by atoms with van der Waals surface area (Å²) in [4.78, 5) is 27.6. The molecule has 162 valence electrons. The van der Waals surface area contributed by atoms with E-state index in [1.807, 2.05) is 0 Å². The summed E-state index contributed by atoms with van der Waals surface area (Å²) in [7, 11) is 0. The Kier molecular flexibility index (Phi) is 6.06. The van der Waals surface area contributed by atoms with Crippen molar-refractivity contribution in [2.45, 2.75) is 26.2 Å². The van der Waals surface area contributed by atoms with Crippen LogP contribution >= 0.6 is 23.7 Å². The summed E-state index contributed by atoms with van der Waals surface area (Å²) in [5.74, 6) is -0.909. The first-order chi connectivity index (χ1) is 13.8. The summed E-state index contributed by atoms with van der Waals surface area (Å²) in [6.45, 7) is 4.45. The van der Waals surface area contributed by atoms with E-state index in [-0.39, 0.29) is 29.6 Å². The van der Waals surface area contributed by atoms with Gasteiger partial charge >= 0.3 is 12.3 Å². The minimum absolute atomic E-state index is 0. The molecule has 2 aromatic rings. The molecule has 3 heterocycles. The Morgan fingerprint density at radius 2 is 2.00 bits per heavy atom. The van der Waals surface area contributed by atoms with Crippen molar-refractivity contribution >= 4 is 46.4 Å². The highest BCUT2D eigenvalue weighted by molar-refractivity contribution is 7.17. The Morgan fingerprint density at radius 1 is 1.27 bits per heavy atom. The number of rotatable bonds is 4. The molecule has 2 aliphatic heterocycles. The highest BCUT2D eigenvalue weighted by Gasteiger charge is 2.43. The number of carbonyl (C=O) groups is 2. The Balaban J connectivity index is 0.00000256. The topological polar surface area (TPSA) is 106 Å². The Hall–Kier alpha value is -2.63. The molecule has 12 heteroatoms. The van der Waals surface area contributed by atoms with Crippen LogP contribution in [-0.2, 0) is 13.0 Å². The normalized spacial score (nSPS) is 16.4. The quantitative estimate of drug-likeness (QED) is 0.646. The molecule has 0 radical (unpaired) electrons. The first kappa shape index (κ1) is 22.1. The van der Waals surface area contributed by atoms with Crippen molar-refractivity contribution in [2.75, 3.05) is 23.7 Å². The van der Waals surface area contributed by atoms with Crippen molar-refractivity contribution in [2.24, 2.45) is 5.73 Å². The van der Waals surface area contributed by atoms with E-state index in [1.54, 1.807) is 0 Å². The number of primary amides is 1. The molecule has 1 aromatic carbocycles. The number of alkyl halides is 2. The molecule has 2 aliphatic rings. The number of amides is 3. The Morgan fingerprint density at radius 3 is 2.70 bits per heavy atom. The second-order valence-corrected chi connectivity index (χ2v) is 7.70. The van der Waals surface area contributed by atoms with E-state index >= 15 is 0 Å². The number of halogens is 3. The van der Waals surface area contributed by atoms with Crippen LogP contribution in [0.25, 0.3) is 0 Å². The van der Waals surface area contributed by atoms with Gasteiger partial charge in [-0.15, -0.1) is 32.5 Å². The van der Waals surface area contributed by atoms with Gasteiger partial charge in [-0.3, -0.25) is 15.0 Å². The first-order valence-corrected chi connectivity index (χ1v) is 9.72. The maximum absolute atomic E-state index is 13.1. The zero-order valence-electron chi connectivity index (χ0n) is 15.8. The number of nitrogens with one attached hydrogen (secondary N) is 2. The van der Waals surface area contributed by atoms with Gasteiger partial charge in [0, 0.05) is 29.7 Å². The number of anilines is 2. The highest BCUT2D eigenvalue weighted by atomic mass is 35.5. The van der Waals surface area contributed by atoms with Crippen LogP contribution in [0, 0.1) is 0 Å². The molecule has 4 N–H and O–H groups in total.